The molecule has 2 nitrogen and oxygen atoms in total. The van der Waals surface area contributed by atoms with Crippen LogP contribution >= 0.6 is 0 Å². The van der Waals surface area contributed by atoms with Crippen LogP contribution in [-0.2, 0) is 6.54 Å². The molecule has 0 aliphatic rings. The molecule has 20 heavy (non-hydrogen) atoms. The summed E-state index contributed by atoms with van der Waals surface area (Å²) in [4.78, 5) is 14.4. The SMILES string of the molecule is CCN(CCC(=O)c1ccccc1)Cc1ccccc1. The maximum absolute atomic E-state index is 12.1. The van der Waals surface area contributed by atoms with Crippen LogP contribution in [0.4, 0.5) is 0 Å². The zero-order valence-corrected chi connectivity index (χ0v) is 12.0. The monoisotopic (exact) mass is 267 g/mol. The molecule has 2 aromatic carbocycles. The molecule has 104 valence electrons. The first-order valence-corrected chi connectivity index (χ1v) is 7.14. The van der Waals surface area contributed by atoms with Gasteiger partial charge in [0, 0.05) is 25.1 Å². The topological polar surface area (TPSA) is 20.3 Å². The van der Waals surface area contributed by atoms with Crippen molar-refractivity contribution in [1.29, 1.82) is 0 Å². The largest absolute Gasteiger partial charge is 0.299 e. The van der Waals surface area contributed by atoms with Crippen LogP contribution in [-0.4, -0.2) is 23.8 Å². The molecule has 0 unspecified atom stereocenters. The molecule has 2 heteroatoms. The highest BCUT2D eigenvalue weighted by molar-refractivity contribution is 5.96. The van der Waals surface area contributed by atoms with Crippen molar-refractivity contribution in [1.82, 2.24) is 4.90 Å². The van der Waals surface area contributed by atoms with Crippen LogP contribution in [0.1, 0.15) is 29.3 Å². The molecule has 0 radical (unpaired) electrons. The number of benzene rings is 2. The summed E-state index contributed by atoms with van der Waals surface area (Å²) >= 11 is 0. The highest BCUT2D eigenvalue weighted by atomic mass is 16.1. The molecule has 0 spiro atoms. The molecule has 0 bridgehead atoms. The molecular formula is C18H21NO. The lowest BCUT2D eigenvalue weighted by molar-refractivity contribution is 0.0963. The Kier molecular flexibility index (Phi) is 5.51. The van der Waals surface area contributed by atoms with Crippen LogP contribution in [0, 0.1) is 0 Å². The summed E-state index contributed by atoms with van der Waals surface area (Å²) in [5.74, 6) is 0.220. The van der Waals surface area contributed by atoms with E-state index in [1.807, 2.05) is 36.4 Å². The minimum Gasteiger partial charge on any atom is -0.299 e. The maximum Gasteiger partial charge on any atom is 0.164 e. The number of nitrogens with zero attached hydrogens (tertiary/aromatic N) is 1. The molecule has 0 fully saturated rings. The number of rotatable bonds is 7. The maximum atomic E-state index is 12.1. The van der Waals surface area contributed by atoms with E-state index in [1.54, 1.807) is 0 Å². The second kappa shape index (κ2) is 7.61. The van der Waals surface area contributed by atoms with Gasteiger partial charge in [-0.05, 0) is 12.1 Å². The Morgan fingerprint density at radius 1 is 0.950 bits per heavy atom. The summed E-state index contributed by atoms with van der Waals surface area (Å²) in [6.07, 6.45) is 0.574. The van der Waals surface area contributed by atoms with Gasteiger partial charge < -0.3 is 0 Å². The second-order valence-corrected chi connectivity index (χ2v) is 4.89. The van der Waals surface area contributed by atoms with Crippen molar-refractivity contribution in [2.45, 2.75) is 19.9 Å². The summed E-state index contributed by atoms with van der Waals surface area (Å²) in [6, 6.07) is 19.9. The second-order valence-electron chi connectivity index (χ2n) is 4.89. The summed E-state index contributed by atoms with van der Waals surface area (Å²) < 4.78 is 0. The van der Waals surface area contributed by atoms with Crippen molar-refractivity contribution in [3.63, 3.8) is 0 Å². The number of ketones is 1. The zero-order valence-electron chi connectivity index (χ0n) is 12.0. The predicted octanol–water partition coefficient (Wildman–Crippen LogP) is 3.78. The lowest BCUT2D eigenvalue weighted by Gasteiger charge is -2.20. The van der Waals surface area contributed by atoms with Crippen LogP contribution in [0.2, 0.25) is 0 Å². The minimum atomic E-state index is 0.220. The first-order valence-electron chi connectivity index (χ1n) is 7.14. The highest BCUT2D eigenvalue weighted by Gasteiger charge is 2.09. The fraction of sp³-hybridized carbons (Fsp3) is 0.278. The number of carbonyl (C=O) groups excluding carboxylic acids is 1. The third-order valence-electron chi connectivity index (χ3n) is 3.45. The molecule has 0 saturated heterocycles. The molecular weight excluding hydrogens is 246 g/mol. The standard InChI is InChI=1S/C18H21NO/c1-2-19(15-16-9-5-3-6-10-16)14-13-18(20)17-11-7-4-8-12-17/h3-12H,2,13-15H2,1H3. The van der Waals surface area contributed by atoms with Crippen LogP contribution in [0.15, 0.2) is 60.7 Å². The third kappa shape index (κ3) is 4.32. The van der Waals surface area contributed by atoms with Crippen LogP contribution in [0.5, 0.6) is 0 Å². The molecule has 0 heterocycles. The fourth-order valence-electron chi connectivity index (χ4n) is 2.22. The normalized spacial score (nSPS) is 10.7. The average Bonchev–Trinajstić information content (AvgIpc) is 2.53. The van der Waals surface area contributed by atoms with E-state index < -0.39 is 0 Å². The van der Waals surface area contributed by atoms with Gasteiger partial charge in [-0.25, -0.2) is 0 Å². The van der Waals surface area contributed by atoms with Gasteiger partial charge in [-0.15, -0.1) is 0 Å². The quantitative estimate of drug-likeness (QED) is 0.711. The van der Waals surface area contributed by atoms with Crippen LogP contribution in [0.25, 0.3) is 0 Å². The summed E-state index contributed by atoms with van der Waals surface area (Å²) in [5, 5.41) is 0. The molecule has 0 aromatic heterocycles. The van der Waals surface area contributed by atoms with Gasteiger partial charge in [-0.1, -0.05) is 67.6 Å². The van der Waals surface area contributed by atoms with E-state index in [0.29, 0.717) is 6.42 Å². The molecule has 0 atom stereocenters. The van der Waals surface area contributed by atoms with Gasteiger partial charge in [0.15, 0.2) is 5.78 Å². The van der Waals surface area contributed by atoms with E-state index in [4.69, 9.17) is 0 Å². The Morgan fingerprint density at radius 2 is 1.55 bits per heavy atom. The third-order valence-corrected chi connectivity index (χ3v) is 3.45. The van der Waals surface area contributed by atoms with Gasteiger partial charge in [0.2, 0.25) is 0 Å². The van der Waals surface area contributed by atoms with Crippen molar-refractivity contribution < 1.29 is 4.79 Å². The van der Waals surface area contributed by atoms with E-state index in [9.17, 15) is 4.79 Å². The Morgan fingerprint density at radius 3 is 2.15 bits per heavy atom. The van der Waals surface area contributed by atoms with Gasteiger partial charge in [-0.3, -0.25) is 9.69 Å². The minimum absolute atomic E-state index is 0.220. The van der Waals surface area contributed by atoms with E-state index in [1.165, 1.54) is 5.56 Å². The van der Waals surface area contributed by atoms with Crippen molar-refractivity contribution in [3.8, 4) is 0 Å². The molecule has 0 saturated carbocycles. The Bertz CT molecular complexity index is 522. The number of Topliss-reactive ketones (excluding diaryl/α,β-unsaturated/α-hetero) is 1. The first kappa shape index (κ1) is 14.5. The number of hydrogen-bond donors (Lipinski definition) is 0. The zero-order chi connectivity index (χ0) is 14.2. The van der Waals surface area contributed by atoms with E-state index >= 15 is 0 Å². The number of carbonyl (C=O) groups is 1. The lowest BCUT2D eigenvalue weighted by atomic mass is 10.1. The Balaban J connectivity index is 1.86. The number of hydrogen-bond acceptors (Lipinski definition) is 2. The van der Waals surface area contributed by atoms with Gasteiger partial charge >= 0.3 is 0 Å². The molecule has 2 rings (SSSR count). The van der Waals surface area contributed by atoms with Crippen molar-refractivity contribution in [2.75, 3.05) is 13.1 Å². The van der Waals surface area contributed by atoms with E-state index in [2.05, 4.69) is 36.1 Å². The van der Waals surface area contributed by atoms with E-state index in [0.717, 1.165) is 25.2 Å². The Labute approximate surface area is 121 Å². The average molecular weight is 267 g/mol. The van der Waals surface area contributed by atoms with Crippen molar-refractivity contribution in [2.24, 2.45) is 0 Å². The van der Waals surface area contributed by atoms with Gasteiger partial charge in [0.05, 0.1) is 0 Å². The van der Waals surface area contributed by atoms with Crippen LogP contribution < -0.4 is 0 Å². The highest BCUT2D eigenvalue weighted by Crippen LogP contribution is 2.07. The summed E-state index contributed by atoms with van der Waals surface area (Å²) in [5.41, 5.74) is 2.10. The predicted molar refractivity (Wildman–Crippen MR) is 82.8 cm³/mol. The van der Waals surface area contributed by atoms with Gasteiger partial charge in [0.1, 0.15) is 0 Å². The molecule has 2 aromatic rings. The van der Waals surface area contributed by atoms with E-state index in [-0.39, 0.29) is 5.78 Å². The van der Waals surface area contributed by atoms with Crippen LogP contribution in [0.3, 0.4) is 0 Å². The molecule has 0 aliphatic heterocycles. The smallest absolute Gasteiger partial charge is 0.164 e. The summed E-state index contributed by atoms with van der Waals surface area (Å²) in [6.45, 7) is 4.80. The molecule has 0 amide bonds. The van der Waals surface area contributed by atoms with Gasteiger partial charge in [-0.2, -0.15) is 0 Å². The fourth-order valence-corrected chi connectivity index (χ4v) is 2.22. The first-order chi connectivity index (χ1) is 9.79. The van der Waals surface area contributed by atoms with Gasteiger partial charge in [0.25, 0.3) is 0 Å². The van der Waals surface area contributed by atoms with Crippen molar-refractivity contribution in [3.05, 3.63) is 71.8 Å². The lowest BCUT2D eigenvalue weighted by Crippen LogP contribution is -2.25. The van der Waals surface area contributed by atoms with Crippen molar-refractivity contribution >= 4 is 5.78 Å². The molecule has 0 N–H and O–H groups in total. The summed E-state index contributed by atoms with van der Waals surface area (Å²) in [7, 11) is 0. The molecule has 0 aliphatic carbocycles. The Hall–Kier alpha value is -1.93.